The Kier molecular flexibility index (Phi) is 6.54. The lowest BCUT2D eigenvalue weighted by molar-refractivity contribution is -0.0848. The topological polar surface area (TPSA) is 38.8 Å². The van der Waals surface area contributed by atoms with Crippen LogP contribution in [0.3, 0.4) is 0 Å². The quantitative estimate of drug-likeness (QED) is 0.587. The molecule has 1 saturated heterocycles. The number of ether oxygens (including phenoxy) is 2. The number of hydrogen-bond acceptors (Lipinski definition) is 3. The lowest BCUT2D eigenvalue weighted by Crippen LogP contribution is -2.49. The fourth-order valence-corrected chi connectivity index (χ4v) is 2.47. The maximum absolute atomic E-state index is 12.1. The normalized spacial score (nSPS) is 17.9. The van der Waals surface area contributed by atoms with Gasteiger partial charge in [-0.25, -0.2) is 4.79 Å². The number of hydrogen-bond donors (Lipinski definition) is 0. The molecular formula is C17H29NO3. The van der Waals surface area contributed by atoms with Crippen molar-refractivity contribution in [3.8, 4) is 11.8 Å². The summed E-state index contributed by atoms with van der Waals surface area (Å²) in [6, 6.07) is 0. The van der Waals surface area contributed by atoms with Crippen LogP contribution in [-0.4, -0.2) is 41.9 Å². The van der Waals surface area contributed by atoms with Crippen molar-refractivity contribution in [2.24, 2.45) is 0 Å². The van der Waals surface area contributed by atoms with E-state index in [0.717, 1.165) is 25.7 Å². The minimum atomic E-state index is -0.439. The first-order chi connectivity index (χ1) is 9.82. The molecule has 1 rings (SSSR count). The summed E-state index contributed by atoms with van der Waals surface area (Å²) in [6.07, 6.45) is 3.25. The second kappa shape index (κ2) is 7.70. The third-order valence-electron chi connectivity index (χ3n) is 3.78. The zero-order chi connectivity index (χ0) is 15.9. The van der Waals surface area contributed by atoms with Crippen molar-refractivity contribution in [2.45, 2.75) is 71.5 Å². The second-order valence-corrected chi connectivity index (χ2v) is 6.53. The fraction of sp³-hybridized carbons (Fsp3) is 0.824. The lowest BCUT2D eigenvalue weighted by Gasteiger charge is -2.41. The average Bonchev–Trinajstić information content (AvgIpc) is 2.42. The van der Waals surface area contributed by atoms with Gasteiger partial charge in [0.05, 0.1) is 12.2 Å². The minimum absolute atomic E-state index is 0.103. The van der Waals surface area contributed by atoms with Crippen LogP contribution in [0.4, 0.5) is 4.79 Å². The number of amides is 1. The van der Waals surface area contributed by atoms with E-state index < -0.39 is 5.60 Å². The highest BCUT2D eigenvalue weighted by Gasteiger charge is 2.36. The molecule has 0 spiro atoms. The van der Waals surface area contributed by atoms with Gasteiger partial charge in [-0.2, -0.15) is 0 Å². The second-order valence-electron chi connectivity index (χ2n) is 6.53. The molecule has 1 fully saturated rings. The number of piperidine rings is 1. The van der Waals surface area contributed by atoms with Gasteiger partial charge in [0.1, 0.15) is 5.60 Å². The first-order valence-corrected chi connectivity index (χ1v) is 7.83. The third-order valence-corrected chi connectivity index (χ3v) is 3.78. The molecular weight excluding hydrogens is 266 g/mol. The predicted octanol–water partition coefficient (Wildman–Crippen LogP) is 3.60. The molecule has 1 amide bonds. The van der Waals surface area contributed by atoms with E-state index >= 15 is 0 Å². The van der Waals surface area contributed by atoms with Gasteiger partial charge in [-0.05, 0) is 47.0 Å². The van der Waals surface area contributed by atoms with Gasteiger partial charge in [-0.15, -0.1) is 11.8 Å². The van der Waals surface area contributed by atoms with Gasteiger partial charge in [-0.3, -0.25) is 0 Å². The van der Waals surface area contributed by atoms with E-state index in [1.807, 2.05) is 27.7 Å². The highest BCUT2D eigenvalue weighted by Crippen LogP contribution is 2.30. The van der Waals surface area contributed by atoms with E-state index in [-0.39, 0.29) is 11.7 Å². The molecule has 0 aliphatic carbocycles. The van der Waals surface area contributed by atoms with Crippen LogP contribution in [0.2, 0.25) is 0 Å². The van der Waals surface area contributed by atoms with E-state index in [9.17, 15) is 4.79 Å². The largest absolute Gasteiger partial charge is 0.444 e. The Balaban J connectivity index is 2.47. The van der Waals surface area contributed by atoms with Crippen LogP contribution in [0.5, 0.6) is 0 Å². The van der Waals surface area contributed by atoms with Crippen molar-refractivity contribution >= 4 is 6.09 Å². The first kappa shape index (κ1) is 17.8. The summed E-state index contributed by atoms with van der Waals surface area (Å²) >= 11 is 0. The zero-order valence-corrected chi connectivity index (χ0v) is 14.1. The molecule has 1 aliphatic rings. The van der Waals surface area contributed by atoms with E-state index in [1.54, 1.807) is 4.90 Å². The van der Waals surface area contributed by atoms with Gasteiger partial charge in [0, 0.05) is 19.5 Å². The molecule has 0 aromatic carbocycles. The molecule has 0 radical (unpaired) electrons. The Labute approximate surface area is 129 Å². The van der Waals surface area contributed by atoms with Gasteiger partial charge in [-0.1, -0.05) is 6.92 Å². The van der Waals surface area contributed by atoms with E-state index in [4.69, 9.17) is 9.47 Å². The van der Waals surface area contributed by atoms with Crippen LogP contribution in [0, 0.1) is 11.8 Å². The molecule has 120 valence electrons. The van der Waals surface area contributed by atoms with Crippen molar-refractivity contribution in [3.63, 3.8) is 0 Å². The Hall–Kier alpha value is -1.21. The van der Waals surface area contributed by atoms with Crippen molar-refractivity contribution < 1.29 is 14.3 Å². The summed E-state index contributed by atoms with van der Waals surface area (Å²) in [6.45, 7) is 11.7. The molecule has 0 N–H and O–H groups in total. The number of rotatable bonds is 4. The summed E-state index contributed by atoms with van der Waals surface area (Å²) in [4.78, 5) is 13.8. The Morgan fingerprint density at radius 3 is 2.38 bits per heavy atom. The van der Waals surface area contributed by atoms with Crippen LogP contribution in [0.25, 0.3) is 0 Å². The average molecular weight is 295 g/mol. The third kappa shape index (κ3) is 5.97. The van der Waals surface area contributed by atoms with Gasteiger partial charge in [0.15, 0.2) is 0 Å². The summed E-state index contributed by atoms with van der Waals surface area (Å²) in [5, 5.41) is 0. The molecule has 0 saturated carbocycles. The van der Waals surface area contributed by atoms with E-state index in [1.165, 1.54) is 0 Å². The molecule has 0 unspecified atom stereocenters. The molecule has 0 aromatic rings. The Bertz CT molecular complexity index is 392. The van der Waals surface area contributed by atoms with Gasteiger partial charge >= 0.3 is 6.09 Å². The Morgan fingerprint density at radius 1 is 1.29 bits per heavy atom. The SMILES string of the molecule is CC#CCCOC1(CC)CCN(C(=O)OC(C)(C)C)CC1. The van der Waals surface area contributed by atoms with Crippen LogP contribution in [-0.2, 0) is 9.47 Å². The highest BCUT2D eigenvalue weighted by atomic mass is 16.6. The fourth-order valence-electron chi connectivity index (χ4n) is 2.47. The van der Waals surface area contributed by atoms with Gasteiger partial charge in [0.2, 0.25) is 0 Å². The van der Waals surface area contributed by atoms with Crippen LogP contribution >= 0.6 is 0 Å². The monoisotopic (exact) mass is 295 g/mol. The predicted molar refractivity (Wildman–Crippen MR) is 84.1 cm³/mol. The molecule has 0 bridgehead atoms. The maximum Gasteiger partial charge on any atom is 0.410 e. The van der Waals surface area contributed by atoms with Crippen LogP contribution in [0.1, 0.15) is 60.3 Å². The molecule has 1 aliphatic heterocycles. The summed E-state index contributed by atoms with van der Waals surface area (Å²) < 4.78 is 11.5. The minimum Gasteiger partial charge on any atom is -0.444 e. The van der Waals surface area contributed by atoms with Crippen molar-refractivity contribution in [3.05, 3.63) is 0 Å². The molecule has 4 heteroatoms. The summed E-state index contributed by atoms with van der Waals surface area (Å²) in [5.74, 6) is 5.90. The number of likely N-dealkylation sites (tertiary alicyclic amines) is 1. The van der Waals surface area contributed by atoms with Gasteiger partial charge < -0.3 is 14.4 Å². The van der Waals surface area contributed by atoms with Gasteiger partial charge in [0.25, 0.3) is 0 Å². The smallest absolute Gasteiger partial charge is 0.410 e. The molecule has 4 nitrogen and oxygen atoms in total. The van der Waals surface area contributed by atoms with E-state index in [2.05, 4.69) is 18.8 Å². The van der Waals surface area contributed by atoms with E-state index in [0.29, 0.717) is 19.7 Å². The number of carbonyl (C=O) groups is 1. The molecule has 0 aromatic heterocycles. The summed E-state index contributed by atoms with van der Waals surface area (Å²) in [5.41, 5.74) is -0.542. The first-order valence-electron chi connectivity index (χ1n) is 7.83. The van der Waals surface area contributed by atoms with Crippen molar-refractivity contribution in [1.82, 2.24) is 4.90 Å². The summed E-state index contributed by atoms with van der Waals surface area (Å²) in [7, 11) is 0. The number of nitrogens with zero attached hydrogens (tertiary/aromatic N) is 1. The van der Waals surface area contributed by atoms with Crippen molar-refractivity contribution in [1.29, 1.82) is 0 Å². The van der Waals surface area contributed by atoms with Crippen LogP contribution < -0.4 is 0 Å². The number of carbonyl (C=O) groups excluding carboxylic acids is 1. The van der Waals surface area contributed by atoms with Crippen LogP contribution in [0.15, 0.2) is 0 Å². The van der Waals surface area contributed by atoms with Crippen molar-refractivity contribution in [2.75, 3.05) is 19.7 Å². The Morgan fingerprint density at radius 2 is 1.90 bits per heavy atom. The highest BCUT2D eigenvalue weighted by molar-refractivity contribution is 5.68. The molecule has 0 atom stereocenters. The lowest BCUT2D eigenvalue weighted by atomic mass is 9.88. The zero-order valence-electron chi connectivity index (χ0n) is 14.1. The molecule has 21 heavy (non-hydrogen) atoms. The molecule has 1 heterocycles. The standard InChI is InChI=1S/C17H29NO3/c1-6-8-9-14-20-17(7-2)10-12-18(13-11-17)15(19)21-16(3,4)5/h7,9-14H2,1-5H3. The maximum atomic E-state index is 12.1.